The van der Waals surface area contributed by atoms with E-state index >= 15 is 0 Å². The molecule has 2 aromatic rings. The van der Waals surface area contributed by atoms with Crippen LogP contribution < -0.4 is 4.90 Å². The summed E-state index contributed by atoms with van der Waals surface area (Å²) < 4.78 is 46.4. The van der Waals surface area contributed by atoms with Gasteiger partial charge in [-0.05, 0) is 24.3 Å². The molecule has 2 aromatic carbocycles. The Labute approximate surface area is 134 Å². The number of alkyl halides is 3. The summed E-state index contributed by atoms with van der Waals surface area (Å²) in [7, 11) is 0. The van der Waals surface area contributed by atoms with Crippen molar-refractivity contribution in [1.82, 2.24) is 0 Å². The van der Waals surface area contributed by atoms with Crippen molar-refractivity contribution in [3.05, 3.63) is 40.4 Å². The standard InChI is InChI=1S/C16H13BrF3NO/c17-12-8-11-14(10-5-2-1-4-9(10)12)21-7-3-6-13(21)22-15(11)16(18,19)20/h1-2,4-5,8,13,15H,3,6-7H2. The summed E-state index contributed by atoms with van der Waals surface area (Å²) in [6.45, 7) is 0.730. The molecule has 0 aliphatic carbocycles. The van der Waals surface area contributed by atoms with Crippen molar-refractivity contribution in [2.75, 3.05) is 11.4 Å². The van der Waals surface area contributed by atoms with E-state index in [9.17, 15) is 13.2 Å². The van der Waals surface area contributed by atoms with Gasteiger partial charge >= 0.3 is 6.18 Å². The first-order chi connectivity index (χ1) is 10.5. The Balaban J connectivity index is 2.04. The lowest BCUT2D eigenvalue weighted by Gasteiger charge is -2.39. The van der Waals surface area contributed by atoms with Crippen LogP contribution in [0.2, 0.25) is 0 Å². The molecular formula is C16H13BrF3NO. The maximum Gasteiger partial charge on any atom is 0.419 e. The topological polar surface area (TPSA) is 12.5 Å². The fraction of sp³-hybridized carbons (Fsp3) is 0.375. The lowest BCUT2D eigenvalue weighted by molar-refractivity contribution is -0.238. The van der Waals surface area contributed by atoms with Gasteiger partial charge in [-0.25, -0.2) is 0 Å². The van der Waals surface area contributed by atoms with E-state index in [1.165, 1.54) is 0 Å². The molecule has 0 spiro atoms. The Morgan fingerprint density at radius 2 is 1.91 bits per heavy atom. The van der Waals surface area contributed by atoms with Gasteiger partial charge in [-0.2, -0.15) is 13.2 Å². The van der Waals surface area contributed by atoms with E-state index in [4.69, 9.17) is 4.74 Å². The van der Waals surface area contributed by atoms with Gasteiger partial charge < -0.3 is 9.64 Å². The van der Waals surface area contributed by atoms with Gasteiger partial charge in [0.15, 0.2) is 6.10 Å². The van der Waals surface area contributed by atoms with Crippen LogP contribution >= 0.6 is 15.9 Å². The molecule has 2 nitrogen and oxygen atoms in total. The highest BCUT2D eigenvalue weighted by atomic mass is 79.9. The minimum Gasteiger partial charge on any atom is -0.345 e. The zero-order chi connectivity index (χ0) is 15.5. The van der Waals surface area contributed by atoms with Crippen molar-refractivity contribution in [2.24, 2.45) is 0 Å². The third-order valence-electron chi connectivity index (χ3n) is 4.35. The van der Waals surface area contributed by atoms with Crippen molar-refractivity contribution in [3.63, 3.8) is 0 Å². The molecule has 1 saturated heterocycles. The van der Waals surface area contributed by atoms with E-state index < -0.39 is 18.5 Å². The number of halogens is 4. The fourth-order valence-electron chi connectivity index (χ4n) is 3.47. The Kier molecular flexibility index (Phi) is 3.17. The van der Waals surface area contributed by atoms with Gasteiger partial charge in [-0.1, -0.05) is 40.2 Å². The van der Waals surface area contributed by atoms with Crippen molar-refractivity contribution in [3.8, 4) is 0 Å². The van der Waals surface area contributed by atoms with Gasteiger partial charge in [0.25, 0.3) is 0 Å². The average molecular weight is 372 g/mol. The average Bonchev–Trinajstić information content (AvgIpc) is 2.93. The molecule has 1 fully saturated rings. The second kappa shape index (κ2) is 4.86. The predicted octanol–water partition coefficient (Wildman–Crippen LogP) is 5.16. The summed E-state index contributed by atoms with van der Waals surface area (Å²) in [4.78, 5) is 1.98. The molecule has 0 N–H and O–H groups in total. The first-order valence-corrected chi connectivity index (χ1v) is 7.96. The maximum absolute atomic E-state index is 13.5. The normalized spacial score (nSPS) is 24.5. The Morgan fingerprint density at radius 1 is 1.18 bits per heavy atom. The van der Waals surface area contributed by atoms with Crippen molar-refractivity contribution < 1.29 is 17.9 Å². The highest BCUT2D eigenvalue weighted by molar-refractivity contribution is 9.10. The van der Waals surface area contributed by atoms with E-state index in [1.54, 1.807) is 6.07 Å². The molecule has 2 unspecified atom stereocenters. The predicted molar refractivity (Wildman–Crippen MR) is 81.9 cm³/mol. The molecule has 0 bridgehead atoms. The number of rotatable bonds is 0. The molecule has 0 aromatic heterocycles. The molecule has 6 heteroatoms. The van der Waals surface area contributed by atoms with E-state index in [0.717, 1.165) is 23.7 Å². The minimum absolute atomic E-state index is 0.205. The van der Waals surface area contributed by atoms with Crippen LogP contribution in [0, 0.1) is 0 Å². The molecule has 4 rings (SSSR count). The summed E-state index contributed by atoms with van der Waals surface area (Å²) in [6.07, 6.45) is -5.27. The van der Waals surface area contributed by atoms with Gasteiger partial charge in [-0.3, -0.25) is 0 Å². The van der Waals surface area contributed by atoms with Crippen LogP contribution in [0.1, 0.15) is 24.5 Å². The van der Waals surface area contributed by atoms with Crippen LogP contribution in [0.3, 0.4) is 0 Å². The number of ether oxygens (including phenoxy) is 1. The fourth-order valence-corrected chi connectivity index (χ4v) is 4.07. The Hall–Kier alpha value is -1.27. The van der Waals surface area contributed by atoms with Crippen LogP contribution in [0.5, 0.6) is 0 Å². The van der Waals surface area contributed by atoms with E-state index in [-0.39, 0.29) is 5.56 Å². The molecule has 116 valence electrons. The first kappa shape index (κ1) is 14.3. The lowest BCUT2D eigenvalue weighted by Crippen LogP contribution is -2.42. The third-order valence-corrected chi connectivity index (χ3v) is 5.01. The van der Waals surface area contributed by atoms with Gasteiger partial charge in [-0.15, -0.1) is 0 Å². The largest absolute Gasteiger partial charge is 0.419 e. The molecular weight excluding hydrogens is 359 g/mol. The zero-order valence-corrected chi connectivity index (χ0v) is 13.1. The zero-order valence-electron chi connectivity index (χ0n) is 11.5. The van der Waals surface area contributed by atoms with Crippen LogP contribution in [0.15, 0.2) is 34.8 Å². The Morgan fingerprint density at radius 3 is 2.64 bits per heavy atom. The maximum atomic E-state index is 13.5. The van der Waals surface area contributed by atoms with Crippen LogP contribution in [-0.4, -0.2) is 18.9 Å². The number of anilines is 1. The summed E-state index contributed by atoms with van der Waals surface area (Å²) in [5, 5.41) is 1.77. The van der Waals surface area contributed by atoms with Gasteiger partial charge in [0.1, 0.15) is 6.23 Å². The molecule has 0 radical (unpaired) electrons. The van der Waals surface area contributed by atoms with Crippen molar-refractivity contribution >= 4 is 32.4 Å². The molecule has 0 amide bonds. The first-order valence-electron chi connectivity index (χ1n) is 7.17. The molecule has 2 atom stereocenters. The quantitative estimate of drug-likeness (QED) is 0.633. The van der Waals surface area contributed by atoms with Crippen molar-refractivity contribution in [2.45, 2.75) is 31.3 Å². The summed E-state index contributed by atoms with van der Waals surface area (Å²) >= 11 is 3.40. The van der Waals surface area contributed by atoms with Crippen LogP contribution in [0.25, 0.3) is 10.8 Å². The highest BCUT2D eigenvalue weighted by Gasteiger charge is 2.50. The number of fused-ring (bicyclic) bond motifs is 5. The summed E-state index contributed by atoms with van der Waals surface area (Å²) in [6, 6.07) is 9.11. The molecule has 2 aliphatic rings. The van der Waals surface area contributed by atoms with Gasteiger partial charge in [0.2, 0.25) is 0 Å². The molecule has 2 aliphatic heterocycles. The lowest BCUT2D eigenvalue weighted by atomic mass is 9.97. The SMILES string of the molecule is FC(F)(F)C1OC2CCCN2c2c1cc(Br)c1ccccc21. The second-order valence-corrected chi connectivity index (χ2v) is 6.54. The van der Waals surface area contributed by atoms with Crippen LogP contribution in [-0.2, 0) is 4.74 Å². The minimum atomic E-state index is -4.41. The summed E-state index contributed by atoms with van der Waals surface area (Å²) in [5.74, 6) is 0. The highest BCUT2D eigenvalue weighted by Crippen LogP contribution is 2.51. The third kappa shape index (κ3) is 2.04. The molecule has 22 heavy (non-hydrogen) atoms. The van der Waals surface area contributed by atoms with E-state index in [0.29, 0.717) is 16.6 Å². The Bertz CT molecular complexity index is 746. The van der Waals surface area contributed by atoms with Gasteiger partial charge in [0.05, 0.1) is 5.69 Å². The molecule has 0 saturated carbocycles. The van der Waals surface area contributed by atoms with Crippen molar-refractivity contribution in [1.29, 1.82) is 0 Å². The van der Waals surface area contributed by atoms with E-state index in [1.807, 2.05) is 29.2 Å². The number of benzene rings is 2. The number of hydrogen-bond donors (Lipinski definition) is 0. The van der Waals surface area contributed by atoms with E-state index in [2.05, 4.69) is 15.9 Å². The monoisotopic (exact) mass is 371 g/mol. The van der Waals surface area contributed by atoms with Gasteiger partial charge in [0, 0.05) is 22.0 Å². The summed E-state index contributed by atoms with van der Waals surface area (Å²) in [5.41, 5.74) is 0.881. The van der Waals surface area contributed by atoms with Crippen LogP contribution in [0.4, 0.5) is 18.9 Å². The number of hydrogen-bond acceptors (Lipinski definition) is 2. The second-order valence-electron chi connectivity index (χ2n) is 5.69. The smallest absolute Gasteiger partial charge is 0.345 e. The number of nitrogens with zero attached hydrogens (tertiary/aromatic N) is 1. The molecule has 2 heterocycles.